The molecule has 0 aromatic carbocycles. The summed E-state index contributed by atoms with van der Waals surface area (Å²) in [6.07, 6.45) is 7.39. The quantitative estimate of drug-likeness (QED) is 0.449. The second kappa shape index (κ2) is 8.20. The van der Waals surface area contributed by atoms with Gasteiger partial charge in [0, 0.05) is 25.7 Å². The zero-order chi connectivity index (χ0) is 22.9. The van der Waals surface area contributed by atoms with Crippen LogP contribution in [0.1, 0.15) is 45.4 Å². The molecular formula is C14H21F6N3O4S2. The van der Waals surface area contributed by atoms with Crippen molar-refractivity contribution in [2.75, 3.05) is 13.6 Å². The molecule has 0 saturated carbocycles. The molecule has 15 heteroatoms. The fourth-order valence-corrected chi connectivity index (χ4v) is 5.54. The van der Waals surface area contributed by atoms with Gasteiger partial charge in [-0.2, -0.15) is 31.6 Å². The minimum atomic E-state index is -6.72. The SMILES string of the molecule is CCCC[N+]1(C)C2CCC1(C#N)CC2.O=S(=O)([N-]S(=O)(=O)C(F)(F)F)C(F)(F)F. The minimum Gasteiger partial charge on any atom is -0.421 e. The third-order valence-electron chi connectivity index (χ3n) is 5.53. The number of unbranched alkanes of at least 4 members (excludes halogenated alkanes) is 1. The van der Waals surface area contributed by atoms with Crippen molar-refractivity contribution in [3.8, 4) is 6.07 Å². The van der Waals surface area contributed by atoms with E-state index in [0.29, 0.717) is 0 Å². The number of nitriles is 1. The van der Waals surface area contributed by atoms with E-state index in [9.17, 15) is 48.4 Å². The molecule has 170 valence electrons. The Balaban J connectivity index is 0.000000290. The van der Waals surface area contributed by atoms with Crippen LogP contribution in [-0.4, -0.2) is 57.5 Å². The van der Waals surface area contributed by atoms with Crippen LogP contribution in [-0.2, 0) is 20.0 Å². The summed E-state index contributed by atoms with van der Waals surface area (Å²) in [7, 11) is -11.1. The van der Waals surface area contributed by atoms with Gasteiger partial charge in [0.05, 0.1) is 19.6 Å². The van der Waals surface area contributed by atoms with E-state index in [2.05, 4.69) is 20.0 Å². The Morgan fingerprint density at radius 3 is 1.76 bits per heavy atom. The summed E-state index contributed by atoms with van der Waals surface area (Å²) >= 11 is 0. The predicted molar refractivity (Wildman–Crippen MR) is 89.9 cm³/mol. The number of halogens is 6. The van der Waals surface area contributed by atoms with Crippen molar-refractivity contribution in [2.24, 2.45) is 0 Å². The molecule has 2 fully saturated rings. The molecule has 0 aromatic rings. The van der Waals surface area contributed by atoms with Gasteiger partial charge in [0.2, 0.25) is 0 Å². The van der Waals surface area contributed by atoms with Crippen molar-refractivity contribution in [2.45, 2.75) is 68.0 Å². The molecule has 0 amide bonds. The standard InChI is InChI=1S/C12H21N2.C2F6NO4S2/c1-3-4-9-14(2)11-5-7-12(14,10-13)8-6-11;3-1(4,5)14(10,11)9-15(12,13)2(6,7)8/h11H,3-9H2,1-2H3;/q+1;-1. The van der Waals surface area contributed by atoms with Crippen LogP contribution in [0.15, 0.2) is 0 Å². The van der Waals surface area contributed by atoms with Crippen LogP contribution in [0.25, 0.3) is 4.13 Å². The number of rotatable bonds is 5. The monoisotopic (exact) mass is 473 g/mol. The highest BCUT2D eigenvalue weighted by molar-refractivity contribution is 8.13. The van der Waals surface area contributed by atoms with Gasteiger partial charge in [-0.25, -0.2) is 16.8 Å². The van der Waals surface area contributed by atoms with Crippen LogP contribution in [0.5, 0.6) is 0 Å². The Bertz CT molecular complexity index is 798. The van der Waals surface area contributed by atoms with Crippen molar-refractivity contribution in [1.82, 2.24) is 0 Å². The van der Waals surface area contributed by atoms with Gasteiger partial charge in [-0.05, 0) is 6.42 Å². The van der Waals surface area contributed by atoms with Gasteiger partial charge in [0.1, 0.15) is 6.07 Å². The largest absolute Gasteiger partial charge is 0.480 e. The second-order valence-electron chi connectivity index (χ2n) is 7.14. The summed E-state index contributed by atoms with van der Waals surface area (Å²) in [6.45, 7) is 3.46. The molecule has 2 rings (SSSR count). The second-order valence-corrected chi connectivity index (χ2v) is 10.6. The van der Waals surface area contributed by atoms with Crippen molar-refractivity contribution >= 4 is 20.0 Å². The van der Waals surface area contributed by atoms with Crippen LogP contribution < -0.4 is 0 Å². The van der Waals surface area contributed by atoms with Gasteiger partial charge >= 0.3 is 11.0 Å². The van der Waals surface area contributed by atoms with E-state index in [1.165, 1.54) is 32.2 Å². The first kappa shape index (κ1) is 25.9. The highest BCUT2D eigenvalue weighted by atomic mass is 32.3. The summed E-state index contributed by atoms with van der Waals surface area (Å²) in [5, 5.41) is 9.41. The van der Waals surface area contributed by atoms with Crippen LogP contribution in [0, 0.1) is 11.3 Å². The van der Waals surface area contributed by atoms with Gasteiger partial charge in [0.15, 0.2) is 25.6 Å². The topological polar surface area (TPSA) is 106 Å². The molecule has 1 unspecified atom stereocenters. The molecule has 7 nitrogen and oxygen atoms in total. The van der Waals surface area contributed by atoms with Gasteiger partial charge in [-0.15, -0.1) is 0 Å². The van der Waals surface area contributed by atoms with Crippen molar-refractivity contribution in [3.63, 3.8) is 0 Å². The molecule has 0 spiro atoms. The Hall–Kier alpha value is -1.11. The van der Waals surface area contributed by atoms with Gasteiger partial charge in [-0.1, -0.05) is 13.3 Å². The maximum Gasteiger partial charge on any atom is 0.480 e. The summed E-state index contributed by atoms with van der Waals surface area (Å²) in [5.41, 5.74) is -12.4. The van der Waals surface area contributed by atoms with E-state index < -0.39 is 31.1 Å². The molecule has 0 N–H and O–H groups in total. The maximum atomic E-state index is 11.4. The van der Waals surface area contributed by atoms with Gasteiger partial charge in [0.25, 0.3) is 0 Å². The number of fused-ring (bicyclic) bond motifs is 2. The fraction of sp³-hybridized carbons (Fsp3) is 0.929. The van der Waals surface area contributed by atoms with Crippen LogP contribution in [0.4, 0.5) is 26.3 Å². The first-order chi connectivity index (χ1) is 12.9. The summed E-state index contributed by atoms with van der Waals surface area (Å²) in [5.74, 6) is 0. The summed E-state index contributed by atoms with van der Waals surface area (Å²) in [6, 6.07) is 3.43. The molecule has 29 heavy (non-hydrogen) atoms. The normalized spacial score (nSPS) is 29.8. The van der Waals surface area contributed by atoms with Crippen molar-refractivity contribution in [3.05, 3.63) is 4.13 Å². The van der Waals surface area contributed by atoms with Gasteiger partial charge < -0.3 is 8.61 Å². The number of alkyl halides is 6. The van der Waals surface area contributed by atoms with Crippen LogP contribution >= 0.6 is 0 Å². The Morgan fingerprint density at radius 1 is 1.03 bits per heavy atom. The molecule has 2 saturated heterocycles. The van der Waals surface area contributed by atoms with E-state index in [4.69, 9.17) is 0 Å². The van der Waals surface area contributed by atoms with E-state index in [0.717, 1.165) is 27.5 Å². The number of sulfonamides is 2. The molecule has 2 aliphatic rings. The lowest BCUT2D eigenvalue weighted by atomic mass is 9.89. The van der Waals surface area contributed by atoms with Crippen molar-refractivity contribution in [1.29, 1.82) is 5.26 Å². The first-order valence-electron chi connectivity index (χ1n) is 8.52. The average molecular weight is 473 g/mol. The van der Waals surface area contributed by atoms with Crippen LogP contribution in [0.3, 0.4) is 0 Å². The number of hydrogen-bond donors (Lipinski definition) is 0. The summed E-state index contributed by atoms with van der Waals surface area (Å²) < 4.78 is 110. The maximum absolute atomic E-state index is 11.4. The third-order valence-corrected chi connectivity index (χ3v) is 8.27. The van der Waals surface area contributed by atoms with Crippen molar-refractivity contribution < 1.29 is 47.7 Å². The minimum absolute atomic E-state index is 0.000162. The molecular weight excluding hydrogens is 452 g/mol. The summed E-state index contributed by atoms with van der Waals surface area (Å²) in [4.78, 5) is 0. The van der Waals surface area contributed by atoms with E-state index in [1.807, 2.05) is 0 Å². The molecule has 2 heterocycles. The molecule has 0 radical (unpaired) electrons. The molecule has 1 atom stereocenters. The molecule has 0 aliphatic carbocycles. The zero-order valence-corrected chi connectivity index (χ0v) is 17.2. The predicted octanol–water partition coefficient (Wildman–Crippen LogP) is 3.51. The number of nitrogens with zero attached hydrogens (tertiary/aromatic N) is 3. The number of hydrogen-bond acceptors (Lipinski definition) is 5. The van der Waals surface area contributed by atoms with E-state index in [-0.39, 0.29) is 5.54 Å². The highest BCUT2D eigenvalue weighted by Gasteiger charge is 2.62. The smallest absolute Gasteiger partial charge is 0.421 e. The van der Waals surface area contributed by atoms with E-state index >= 15 is 0 Å². The number of quaternary nitrogens is 1. The molecule has 2 bridgehead atoms. The lowest BCUT2D eigenvalue weighted by Crippen LogP contribution is -2.56. The first-order valence-corrected chi connectivity index (χ1v) is 11.4. The Kier molecular flexibility index (Phi) is 7.33. The fourth-order valence-electron chi connectivity index (χ4n) is 3.83. The Morgan fingerprint density at radius 2 is 1.45 bits per heavy atom. The average Bonchev–Trinajstić information content (AvgIpc) is 2.99. The lowest BCUT2D eigenvalue weighted by molar-refractivity contribution is -0.946. The molecule has 2 aliphatic heterocycles. The van der Waals surface area contributed by atoms with Gasteiger partial charge in [-0.3, -0.25) is 0 Å². The Labute approximate surface area is 165 Å². The highest BCUT2D eigenvalue weighted by Crippen LogP contribution is 2.51. The third kappa shape index (κ3) is 4.97. The zero-order valence-electron chi connectivity index (χ0n) is 15.6. The van der Waals surface area contributed by atoms with Crippen LogP contribution in [0.2, 0.25) is 0 Å². The lowest BCUT2D eigenvalue weighted by Gasteiger charge is -2.40. The molecule has 0 aromatic heterocycles. The van der Waals surface area contributed by atoms with E-state index in [1.54, 1.807) is 0 Å².